The Morgan fingerprint density at radius 1 is 1.33 bits per heavy atom. The van der Waals surface area contributed by atoms with E-state index in [4.69, 9.17) is 9.15 Å². The van der Waals surface area contributed by atoms with Crippen LogP contribution in [-0.2, 0) is 11.3 Å². The van der Waals surface area contributed by atoms with Crippen LogP contribution in [0.5, 0.6) is 0 Å². The Kier molecular flexibility index (Phi) is 9.60. The standard InChI is InChI=1S/C18H28N6O2.HI/c1-19-18(20-10-6-12-25-14-7-3-2-4-8-14)21-13-16-22-17(24-23-16)15-9-5-11-26-15;/h5,9,11,14H,2-4,6-8,10,12-13H2,1H3,(H2,19,20,21)(H,22,23,24);1H. The number of halogens is 1. The summed E-state index contributed by atoms with van der Waals surface area (Å²) in [5.74, 6) is 2.65. The highest BCUT2D eigenvalue weighted by Crippen LogP contribution is 2.20. The number of H-pyrrole nitrogens is 1. The third-order valence-corrected chi connectivity index (χ3v) is 4.44. The molecule has 8 nitrogen and oxygen atoms in total. The summed E-state index contributed by atoms with van der Waals surface area (Å²) < 4.78 is 11.2. The molecule has 1 aliphatic rings. The van der Waals surface area contributed by atoms with Crippen molar-refractivity contribution in [3.63, 3.8) is 0 Å². The first-order valence-corrected chi connectivity index (χ1v) is 9.36. The van der Waals surface area contributed by atoms with E-state index in [1.165, 1.54) is 32.1 Å². The molecule has 2 aromatic heterocycles. The molecule has 0 spiro atoms. The number of ether oxygens (including phenoxy) is 1. The number of nitrogens with zero attached hydrogens (tertiary/aromatic N) is 3. The average molecular weight is 488 g/mol. The fraction of sp³-hybridized carbons (Fsp3) is 0.611. The Balaban J connectivity index is 0.00000261. The molecule has 3 N–H and O–H groups in total. The van der Waals surface area contributed by atoms with Gasteiger partial charge >= 0.3 is 0 Å². The molecule has 9 heteroatoms. The Morgan fingerprint density at radius 2 is 2.19 bits per heavy atom. The summed E-state index contributed by atoms with van der Waals surface area (Å²) in [6.07, 6.45) is 9.44. The highest BCUT2D eigenvalue weighted by molar-refractivity contribution is 14.0. The van der Waals surface area contributed by atoms with Gasteiger partial charge in [0.1, 0.15) is 5.82 Å². The summed E-state index contributed by atoms with van der Waals surface area (Å²) in [5, 5.41) is 13.6. The summed E-state index contributed by atoms with van der Waals surface area (Å²) in [6, 6.07) is 3.64. The number of nitrogens with one attached hydrogen (secondary N) is 3. The molecule has 0 saturated heterocycles. The SMILES string of the molecule is CN=C(NCCCOC1CCCCC1)NCc1nc(-c2ccco2)n[nH]1.I. The topological polar surface area (TPSA) is 100 Å². The number of hydrogen-bond acceptors (Lipinski definition) is 5. The first kappa shape index (κ1) is 21.7. The summed E-state index contributed by atoms with van der Waals surface area (Å²) in [4.78, 5) is 8.62. The normalized spacial score (nSPS) is 15.4. The lowest BCUT2D eigenvalue weighted by molar-refractivity contribution is 0.0277. The van der Waals surface area contributed by atoms with Gasteiger partial charge in [-0.3, -0.25) is 10.1 Å². The zero-order valence-electron chi connectivity index (χ0n) is 15.7. The van der Waals surface area contributed by atoms with Crippen LogP contribution in [0.4, 0.5) is 0 Å². The van der Waals surface area contributed by atoms with Crippen LogP contribution in [0.15, 0.2) is 27.8 Å². The third kappa shape index (κ3) is 7.13. The van der Waals surface area contributed by atoms with E-state index in [2.05, 4.69) is 30.8 Å². The van der Waals surface area contributed by atoms with Crippen molar-refractivity contribution < 1.29 is 9.15 Å². The molecule has 1 saturated carbocycles. The molecule has 2 heterocycles. The Labute approximate surface area is 177 Å². The van der Waals surface area contributed by atoms with Gasteiger partial charge in [0, 0.05) is 20.2 Å². The van der Waals surface area contributed by atoms with Crippen LogP contribution in [0, 0.1) is 0 Å². The molecule has 0 unspecified atom stereocenters. The van der Waals surface area contributed by atoms with Crippen molar-refractivity contribution in [2.45, 2.75) is 51.2 Å². The predicted molar refractivity (Wildman–Crippen MR) is 115 cm³/mol. The second kappa shape index (κ2) is 12.0. The van der Waals surface area contributed by atoms with Gasteiger partial charge in [0.15, 0.2) is 11.7 Å². The summed E-state index contributed by atoms with van der Waals surface area (Å²) >= 11 is 0. The van der Waals surface area contributed by atoms with E-state index in [0.717, 1.165) is 31.4 Å². The molecule has 1 fully saturated rings. The van der Waals surface area contributed by atoms with Gasteiger partial charge in [-0.15, -0.1) is 29.1 Å². The van der Waals surface area contributed by atoms with E-state index < -0.39 is 0 Å². The van der Waals surface area contributed by atoms with Gasteiger partial charge in [-0.25, -0.2) is 4.98 Å². The molecule has 0 amide bonds. The van der Waals surface area contributed by atoms with Crippen molar-refractivity contribution in [1.82, 2.24) is 25.8 Å². The zero-order valence-corrected chi connectivity index (χ0v) is 18.1. The largest absolute Gasteiger partial charge is 0.461 e. The van der Waals surface area contributed by atoms with Gasteiger partial charge in [0.25, 0.3) is 0 Å². The maximum atomic E-state index is 5.93. The van der Waals surface area contributed by atoms with Crippen LogP contribution < -0.4 is 10.6 Å². The van der Waals surface area contributed by atoms with E-state index in [9.17, 15) is 0 Å². The van der Waals surface area contributed by atoms with Crippen molar-refractivity contribution in [2.24, 2.45) is 4.99 Å². The summed E-state index contributed by atoms with van der Waals surface area (Å²) in [5.41, 5.74) is 0. The number of aromatic amines is 1. The maximum absolute atomic E-state index is 5.93. The van der Waals surface area contributed by atoms with Gasteiger partial charge in [-0.1, -0.05) is 19.3 Å². The molecule has 0 aliphatic heterocycles. The molecular formula is C18H29IN6O2. The maximum Gasteiger partial charge on any atom is 0.216 e. The third-order valence-electron chi connectivity index (χ3n) is 4.44. The molecule has 150 valence electrons. The fourth-order valence-electron chi connectivity index (χ4n) is 3.04. The fourth-order valence-corrected chi connectivity index (χ4v) is 3.04. The molecule has 3 rings (SSSR count). The smallest absolute Gasteiger partial charge is 0.216 e. The van der Waals surface area contributed by atoms with E-state index >= 15 is 0 Å². The first-order chi connectivity index (χ1) is 12.8. The molecule has 0 bridgehead atoms. The minimum absolute atomic E-state index is 0. The molecule has 1 aliphatic carbocycles. The Morgan fingerprint density at radius 3 is 2.93 bits per heavy atom. The van der Waals surface area contributed by atoms with Crippen LogP contribution in [0.1, 0.15) is 44.3 Å². The molecule has 0 aromatic carbocycles. The van der Waals surface area contributed by atoms with Gasteiger partial charge in [-0.2, -0.15) is 0 Å². The molecular weight excluding hydrogens is 459 g/mol. The predicted octanol–water partition coefficient (Wildman–Crippen LogP) is 3.09. The molecule has 0 atom stereocenters. The summed E-state index contributed by atoms with van der Waals surface area (Å²) in [6.45, 7) is 2.12. The van der Waals surface area contributed by atoms with Crippen LogP contribution in [0.25, 0.3) is 11.6 Å². The molecule has 0 radical (unpaired) electrons. The summed E-state index contributed by atoms with van der Waals surface area (Å²) in [7, 11) is 1.75. The first-order valence-electron chi connectivity index (χ1n) is 9.36. The minimum Gasteiger partial charge on any atom is -0.461 e. The number of hydrogen-bond donors (Lipinski definition) is 3. The van der Waals surface area contributed by atoms with Crippen molar-refractivity contribution in [1.29, 1.82) is 0 Å². The van der Waals surface area contributed by atoms with Crippen LogP contribution in [0.2, 0.25) is 0 Å². The number of aromatic nitrogens is 3. The van der Waals surface area contributed by atoms with E-state index in [0.29, 0.717) is 24.2 Å². The van der Waals surface area contributed by atoms with Gasteiger partial charge in [0.2, 0.25) is 5.82 Å². The van der Waals surface area contributed by atoms with Crippen molar-refractivity contribution in [2.75, 3.05) is 20.2 Å². The highest BCUT2D eigenvalue weighted by Gasteiger charge is 2.13. The van der Waals surface area contributed by atoms with Gasteiger partial charge < -0.3 is 19.8 Å². The van der Waals surface area contributed by atoms with Gasteiger partial charge in [-0.05, 0) is 31.4 Å². The zero-order chi connectivity index (χ0) is 18.0. The quantitative estimate of drug-likeness (QED) is 0.229. The lowest BCUT2D eigenvalue weighted by Gasteiger charge is -2.22. The average Bonchev–Trinajstić information content (AvgIpc) is 3.36. The van der Waals surface area contributed by atoms with E-state index in [1.807, 2.05) is 12.1 Å². The Hall–Kier alpha value is -1.62. The van der Waals surface area contributed by atoms with E-state index in [1.54, 1.807) is 13.3 Å². The lowest BCUT2D eigenvalue weighted by Crippen LogP contribution is -2.38. The minimum atomic E-state index is 0. The van der Waals surface area contributed by atoms with Crippen molar-refractivity contribution >= 4 is 29.9 Å². The number of guanidine groups is 1. The monoisotopic (exact) mass is 488 g/mol. The van der Waals surface area contributed by atoms with Crippen molar-refractivity contribution in [3.8, 4) is 11.6 Å². The highest BCUT2D eigenvalue weighted by atomic mass is 127. The number of rotatable bonds is 8. The van der Waals surface area contributed by atoms with E-state index in [-0.39, 0.29) is 24.0 Å². The number of aliphatic imine (C=N–C) groups is 1. The van der Waals surface area contributed by atoms with Crippen LogP contribution in [-0.4, -0.2) is 47.4 Å². The van der Waals surface area contributed by atoms with Crippen LogP contribution in [0.3, 0.4) is 0 Å². The Bertz CT molecular complexity index is 667. The molecule has 27 heavy (non-hydrogen) atoms. The molecule has 2 aromatic rings. The second-order valence-corrected chi connectivity index (χ2v) is 6.42. The van der Waals surface area contributed by atoms with Crippen molar-refractivity contribution in [3.05, 3.63) is 24.2 Å². The second-order valence-electron chi connectivity index (χ2n) is 6.42. The van der Waals surface area contributed by atoms with Crippen LogP contribution >= 0.6 is 24.0 Å². The lowest BCUT2D eigenvalue weighted by atomic mass is 9.98. The van der Waals surface area contributed by atoms with Gasteiger partial charge in [0.05, 0.1) is 18.9 Å². The number of furan rings is 1.